The van der Waals surface area contributed by atoms with Crippen LogP contribution in [0.5, 0.6) is 0 Å². The van der Waals surface area contributed by atoms with Crippen LogP contribution < -0.4 is 5.73 Å². The highest BCUT2D eigenvalue weighted by molar-refractivity contribution is 7.99. The number of aromatic nitrogens is 2. The van der Waals surface area contributed by atoms with Crippen LogP contribution in [0.3, 0.4) is 0 Å². The summed E-state index contributed by atoms with van der Waals surface area (Å²) in [7, 11) is 0. The van der Waals surface area contributed by atoms with Crippen LogP contribution >= 0.6 is 11.8 Å². The van der Waals surface area contributed by atoms with Crippen molar-refractivity contribution in [3.8, 4) is 0 Å². The molecule has 0 fully saturated rings. The average molecular weight is 444 g/mol. The van der Waals surface area contributed by atoms with Gasteiger partial charge in [-0.25, -0.2) is 9.78 Å². The zero-order chi connectivity index (χ0) is 22.5. The Bertz CT molecular complexity index is 1130. The molecule has 0 atom stereocenters. The number of anilines is 1. The number of nitrogens with two attached hydrogens (primary N) is 1. The predicted octanol–water partition coefficient (Wildman–Crippen LogP) is 4.13. The van der Waals surface area contributed by atoms with Crippen LogP contribution in [-0.2, 0) is 20.9 Å². The van der Waals surface area contributed by atoms with Crippen molar-refractivity contribution in [3.05, 3.63) is 46.5 Å². The second kappa shape index (κ2) is 9.82. The van der Waals surface area contributed by atoms with Crippen molar-refractivity contribution in [2.24, 2.45) is 0 Å². The second-order valence-electron chi connectivity index (χ2n) is 6.96. The molecular weight excluding hydrogens is 418 g/mol. The molecule has 0 spiro atoms. The summed E-state index contributed by atoms with van der Waals surface area (Å²) in [6, 6.07) is 6.21. The van der Waals surface area contributed by atoms with E-state index in [1.807, 2.05) is 6.07 Å². The third-order valence-corrected chi connectivity index (χ3v) is 5.69. The SMILES string of the molecule is CCOC(=O)c1c(C)oc2nc(COC(=O)CCSc3ccc(C)c(C)c3)nc(N)c12. The van der Waals surface area contributed by atoms with Crippen LogP contribution in [0.1, 0.15) is 46.4 Å². The maximum absolute atomic E-state index is 12.2. The van der Waals surface area contributed by atoms with Gasteiger partial charge in [-0.2, -0.15) is 4.98 Å². The Labute approximate surface area is 184 Å². The summed E-state index contributed by atoms with van der Waals surface area (Å²) >= 11 is 1.60. The molecule has 9 heteroatoms. The van der Waals surface area contributed by atoms with Crippen molar-refractivity contribution >= 4 is 40.6 Å². The lowest BCUT2D eigenvalue weighted by molar-refractivity contribution is -0.144. The van der Waals surface area contributed by atoms with Crippen molar-refractivity contribution in [2.75, 3.05) is 18.1 Å². The van der Waals surface area contributed by atoms with E-state index >= 15 is 0 Å². The third-order valence-electron chi connectivity index (χ3n) is 4.70. The van der Waals surface area contributed by atoms with Crippen LogP contribution in [-0.4, -0.2) is 34.3 Å². The first-order valence-electron chi connectivity index (χ1n) is 9.88. The zero-order valence-corrected chi connectivity index (χ0v) is 18.8. The molecule has 0 saturated heterocycles. The number of esters is 2. The first kappa shape index (κ1) is 22.6. The quantitative estimate of drug-likeness (QED) is 0.405. The molecule has 164 valence electrons. The number of nitrogens with zero attached hydrogens (tertiary/aromatic N) is 2. The van der Waals surface area contributed by atoms with E-state index in [1.165, 1.54) is 11.1 Å². The summed E-state index contributed by atoms with van der Waals surface area (Å²) in [5, 5.41) is 0.302. The molecule has 0 unspecified atom stereocenters. The van der Waals surface area contributed by atoms with Crippen LogP contribution in [0.25, 0.3) is 11.1 Å². The van der Waals surface area contributed by atoms with Crippen molar-refractivity contribution in [2.45, 2.75) is 45.6 Å². The van der Waals surface area contributed by atoms with E-state index in [1.54, 1.807) is 25.6 Å². The molecule has 3 rings (SSSR count). The van der Waals surface area contributed by atoms with Crippen LogP contribution in [0, 0.1) is 20.8 Å². The molecule has 0 aliphatic heterocycles. The maximum atomic E-state index is 12.2. The molecule has 0 saturated carbocycles. The topological polar surface area (TPSA) is 118 Å². The van der Waals surface area contributed by atoms with E-state index in [0.717, 1.165) is 4.90 Å². The second-order valence-corrected chi connectivity index (χ2v) is 8.13. The van der Waals surface area contributed by atoms with Gasteiger partial charge in [0.25, 0.3) is 0 Å². The van der Waals surface area contributed by atoms with Gasteiger partial charge in [-0.05, 0) is 51.0 Å². The van der Waals surface area contributed by atoms with Gasteiger partial charge in [0.2, 0.25) is 5.71 Å². The maximum Gasteiger partial charge on any atom is 0.342 e. The standard InChI is InChI=1S/C22H25N3O5S/c1-5-28-22(27)18-14(4)30-21-19(18)20(23)24-16(25-21)11-29-17(26)8-9-31-15-7-6-12(2)13(3)10-15/h6-7,10H,5,8-9,11H2,1-4H3,(H2,23,24,25). The highest BCUT2D eigenvalue weighted by Gasteiger charge is 2.24. The lowest BCUT2D eigenvalue weighted by atomic mass is 10.1. The molecule has 0 amide bonds. The number of carbonyl (C=O) groups is 2. The van der Waals surface area contributed by atoms with Gasteiger partial charge >= 0.3 is 11.9 Å². The smallest absolute Gasteiger partial charge is 0.342 e. The Hall–Kier alpha value is -3.07. The molecule has 2 heterocycles. The number of furan rings is 1. The van der Waals surface area contributed by atoms with Crippen molar-refractivity contribution in [3.63, 3.8) is 0 Å². The Kier molecular flexibility index (Phi) is 7.17. The van der Waals surface area contributed by atoms with Crippen molar-refractivity contribution in [1.82, 2.24) is 9.97 Å². The highest BCUT2D eigenvalue weighted by atomic mass is 32.2. The Morgan fingerprint density at radius 1 is 1.13 bits per heavy atom. The highest BCUT2D eigenvalue weighted by Crippen LogP contribution is 2.29. The minimum atomic E-state index is -0.547. The van der Waals surface area contributed by atoms with E-state index in [-0.39, 0.29) is 48.5 Å². The van der Waals surface area contributed by atoms with Gasteiger partial charge in [0.1, 0.15) is 17.1 Å². The minimum Gasteiger partial charge on any atom is -0.462 e. The molecule has 8 nitrogen and oxygen atoms in total. The van der Waals surface area contributed by atoms with Gasteiger partial charge in [0.05, 0.1) is 18.4 Å². The van der Waals surface area contributed by atoms with Crippen LogP contribution in [0.4, 0.5) is 5.82 Å². The number of hydrogen-bond acceptors (Lipinski definition) is 9. The number of fused-ring (bicyclic) bond motifs is 1. The van der Waals surface area contributed by atoms with E-state index in [0.29, 0.717) is 16.9 Å². The Balaban J connectivity index is 1.59. The number of aryl methyl sites for hydroxylation is 3. The van der Waals surface area contributed by atoms with Crippen LogP contribution in [0.15, 0.2) is 27.5 Å². The molecule has 31 heavy (non-hydrogen) atoms. The first-order valence-corrected chi connectivity index (χ1v) is 10.9. The minimum absolute atomic E-state index is 0.0706. The molecule has 2 N–H and O–H groups in total. The fourth-order valence-corrected chi connectivity index (χ4v) is 3.90. The number of carbonyl (C=O) groups excluding carboxylic acids is 2. The molecule has 0 bridgehead atoms. The summed E-state index contributed by atoms with van der Waals surface area (Å²) in [5.41, 5.74) is 8.84. The number of ether oxygens (including phenoxy) is 2. The predicted molar refractivity (Wildman–Crippen MR) is 118 cm³/mol. The summed E-state index contributed by atoms with van der Waals surface area (Å²) in [4.78, 5) is 33.8. The van der Waals surface area contributed by atoms with Gasteiger partial charge in [0, 0.05) is 10.6 Å². The van der Waals surface area contributed by atoms with Gasteiger partial charge in [0.15, 0.2) is 12.4 Å². The molecule has 0 aliphatic carbocycles. The largest absolute Gasteiger partial charge is 0.462 e. The molecule has 2 aromatic heterocycles. The van der Waals surface area contributed by atoms with Gasteiger partial charge in [-0.15, -0.1) is 11.8 Å². The molecular formula is C22H25N3O5S. The number of nitrogen functional groups attached to an aromatic ring is 1. The Morgan fingerprint density at radius 2 is 1.90 bits per heavy atom. The molecule has 0 radical (unpaired) electrons. The number of rotatable bonds is 8. The van der Waals surface area contributed by atoms with E-state index < -0.39 is 5.97 Å². The first-order chi connectivity index (χ1) is 14.8. The number of benzene rings is 1. The Morgan fingerprint density at radius 3 is 2.61 bits per heavy atom. The molecule has 3 aromatic rings. The third kappa shape index (κ3) is 5.35. The van der Waals surface area contributed by atoms with Gasteiger partial charge < -0.3 is 19.6 Å². The number of thioether (sulfide) groups is 1. The van der Waals surface area contributed by atoms with Gasteiger partial charge in [-0.3, -0.25) is 4.79 Å². The van der Waals surface area contributed by atoms with Gasteiger partial charge in [-0.1, -0.05) is 6.07 Å². The summed E-state index contributed by atoms with van der Waals surface area (Å²) in [5.74, 6) is 0.303. The number of hydrogen-bond donors (Lipinski definition) is 1. The van der Waals surface area contributed by atoms with Crippen molar-refractivity contribution in [1.29, 1.82) is 0 Å². The fourth-order valence-electron chi connectivity index (χ4n) is 2.97. The van der Waals surface area contributed by atoms with E-state index in [4.69, 9.17) is 19.6 Å². The molecule has 1 aromatic carbocycles. The summed E-state index contributed by atoms with van der Waals surface area (Å²) in [6.07, 6.45) is 0.252. The molecule has 0 aliphatic rings. The van der Waals surface area contributed by atoms with Crippen LogP contribution in [0.2, 0.25) is 0 Å². The zero-order valence-electron chi connectivity index (χ0n) is 18.0. The lowest BCUT2D eigenvalue weighted by Crippen LogP contribution is -2.10. The monoisotopic (exact) mass is 443 g/mol. The normalized spacial score (nSPS) is 11.0. The average Bonchev–Trinajstić information content (AvgIpc) is 3.05. The van der Waals surface area contributed by atoms with E-state index in [2.05, 4.69) is 35.9 Å². The van der Waals surface area contributed by atoms with Crippen molar-refractivity contribution < 1.29 is 23.5 Å². The fraction of sp³-hybridized carbons (Fsp3) is 0.364. The summed E-state index contributed by atoms with van der Waals surface area (Å²) < 4.78 is 15.9. The van der Waals surface area contributed by atoms with E-state index in [9.17, 15) is 9.59 Å². The summed E-state index contributed by atoms with van der Waals surface area (Å²) in [6.45, 7) is 7.55. The lowest BCUT2D eigenvalue weighted by Gasteiger charge is -2.07.